The number of carbonyl (C=O) groups excluding carboxylic acids is 1. The molecule has 0 bridgehead atoms. The first-order valence-electron chi connectivity index (χ1n) is 15.1. The third-order valence-corrected chi connectivity index (χ3v) is 7.98. The summed E-state index contributed by atoms with van der Waals surface area (Å²) in [7, 11) is 1.48. The molecule has 47 heavy (non-hydrogen) atoms. The Labute approximate surface area is 268 Å². The quantitative estimate of drug-likeness (QED) is 0.234. The molecule has 1 saturated heterocycles. The van der Waals surface area contributed by atoms with Crippen LogP contribution in [0.2, 0.25) is 0 Å². The Kier molecular flexibility index (Phi) is 9.61. The van der Waals surface area contributed by atoms with Gasteiger partial charge >= 0.3 is 18.2 Å². The standard InChI is InChI=1S/C32H33F3N8O4/c1-45-30-39-13-21(14-40-30)26-16-38-29(17-36-26)43(31(44)41-12-20-5-3-2-4-6-20)23-9-7-22(8-10-23)42-28-11-27(47-24-18-46-19-24)25(15-37-28)32(33,34)35/h2-6,11,13-17,22-24H,7-10,12,18-19H2,1H3,(H,37,42)(H,41,44)/t22-,23-. The summed E-state index contributed by atoms with van der Waals surface area (Å²) in [4.78, 5) is 36.7. The molecule has 0 radical (unpaired) electrons. The number of rotatable bonds is 10. The maximum atomic E-state index is 13.7. The largest absolute Gasteiger partial charge is 0.485 e. The van der Waals surface area contributed by atoms with Gasteiger partial charge in [0, 0.05) is 48.8 Å². The first-order chi connectivity index (χ1) is 22.8. The molecular weight excluding hydrogens is 617 g/mol. The molecule has 2 aliphatic rings. The molecule has 246 valence electrons. The number of nitrogens with zero attached hydrogens (tertiary/aromatic N) is 6. The molecule has 15 heteroatoms. The van der Waals surface area contributed by atoms with Crippen molar-refractivity contribution >= 4 is 17.7 Å². The molecule has 4 aromatic rings. The van der Waals surface area contributed by atoms with E-state index in [1.54, 1.807) is 29.7 Å². The van der Waals surface area contributed by atoms with Gasteiger partial charge in [0.05, 0.1) is 38.4 Å². The third-order valence-electron chi connectivity index (χ3n) is 7.98. The smallest absolute Gasteiger partial charge is 0.421 e. The van der Waals surface area contributed by atoms with Crippen molar-refractivity contribution < 1.29 is 32.2 Å². The Morgan fingerprint density at radius 3 is 2.32 bits per heavy atom. The molecule has 0 atom stereocenters. The fourth-order valence-electron chi connectivity index (χ4n) is 5.44. The lowest BCUT2D eigenvalue weighted by molar-refractivity contribution is -0.142. The van der Waals surface area contributed by atoms with Crippen LogP contribution >= 0.6 is 0 Å². The zero-order valence-corrected chi connectivity index (χ0v) is 25.5. The number of anilines is 2. The molecule has 0 unspecified atom stereocenters. The van der Waals surface area contributed by atoms with E-state index in [2.05, 4.69) is 35.6 Å². The second kappa shape index (κ2) is 14.2. The number of pyridine rings is 1. The average molecular weight is 651 g/mol. The molecule has 0 spiro atoms. The van der Waals surface area contributed by atoms with Crippen molar-refractivity contribution in [2.75, 3.05) is 30.5 Å². The summed E-state index contributed by atoms with van der Waals surface area (Å²) in [5, 5.41) is 6.26. The van der Waals surface area contributed by atoms with Gasteiger partial charge < -0.3 is 24.8 Å². The van der Waals surface area contributed by atoms with Crippen molar-refractivity contribution in [3.05, 3.63) is 78.5 Å². The summed E-state index contributed by atoms with van der Waals surface area (Å²) in [5.74, 6) is 0.399. The minimum Gasteiger partial charge on any atom is -0.485 e. The summed E-state index contributed by atoms with van der Waals surface area (Å²) in [6.45, 7) is 0.814. The normalized spacial score (nSPS) is 18.1. The van der Waals surface area contributed by atoms with Crippen molar-refractivity contribution in [2.24, 2.45) is 0 Å². The predicted molar refractivity (Wildman–Crippen MR) is 165 cm³/mol. The SMILES string of the molecule is COc1ncc(-c2cnc(N(C(=O)NCc3ccccc3)[C@H]3CC[C@H](Nc4cc(OC5COC5)c(C(F)(F)F)cn4)CC3)cn2)cn1. The molecular formula is C32H33F3N8O4. The number of amides is 2. The van der Waals surface area contributed by atoms with Gasteiger partial charge in [0.25, 0.3) is 0 Å². The van der Waals surface area contributed by atoms with E-state index in [1.165, 1.54) is 13.2 Å². The Morgan fingerprint density at radius 2 is 1.70 bits per heavy atom. The Balaban J connectivity index is 1.15. The van der Waals surface area contributed by atoms with Gasteiger partial charge in [-0.05, 0) is 31.2 Å². The molecule has 12 nitrogen and oxygen atoms in total. The molecule has 3 aromatic heterocycles. The van der Waals surface area contributed by atoms with Crippen LogP contribution in [-0.4, -0.2) is 69.5 Å². The zero-order valence-electron chi connectivity index (χ0n) is 25.5. The highest BCUT2D eigenvalue weighted by molar-refractivity contribution is 5.91. The Morgan fingerprint density at radius 1 is 0.957 bits per heavy atom. The van der Waals surface area contributed by atoms with Crippen LogP contribution in [0.1, 0.15) is 36.8 Å². The van der Waals surface area contributed by atoms with E-state index in [4.69, 9.17) is 14.2 Å². The highest BCUT2D eigenvalue weighted by Gasteiger charge is 2.37. The number of ether oxygens (including phenoxy) is 3. The number of aromatic nitrogens is 5. The number of urea groups is 1. The molecule has 1 aromatic carbocycles. The Bertz CT molecular complexity index is 1630. The van der Waals surface area contributed by atoms with E-state index < -0.39 is 17.8 Å². The van der Waals surface area contributed by atoms with Crippen molar-refractivity contribution in [2.45, 2.75) is 56.6 Å². The van der Waals surface area contributed by atoms with Crippen molar-refractivity contribution in [1.82, 2.24) is 30.2 Å². The maximum absolute atomic E-state index is 13.7. The van der Waals surface area contributed by atoms with Crippen molar-refractivity contribution in [3.63, 3.8) is 0 Å². The minimum absolute atomic E-state index is 0.0758. The van der Waals surface area contributed by atoms with E-state index >= 15 is 0 Å². The topological polar surface area (TPSA) is 137 Å². The summed E-state index contributed by atoms with van der Waals surface area (Å²) >= 11 is 0. The van der Waals surface area contributed by atoms with E-state index in [0.717, 1.165) is 11.8 Å². The molecule has 2 amide bonds. The summed E-state index contributed by atoms with van der Waals surface area (Å²) in [6.07, 6.45) is 4.53. The van der Waals surface area contributed by atoms with Crippen LogP contribution in [0.25, 0.3) is 11.3 Å². The van der Waals surface area contributed by atoms with Gasteiger partial charge in [-0.15, -0.1) is 0 Å². The molecule has 4 heterocycles. The first kappa shape index (κ1) is 31.9. The van der Waals surface area contributed by atoms with Gasteiger partial charge in [-0.2, -0.15) is 13.2 Å². The maximum Gasteiger partial charge on any atom is 0.421 e. The van der Waals surface area contributed by atoms with E-state index in [0.29, 0.717) is 49.3 Å². The average Bonchev–Trinajstić information content (AvgIpc) is 3.07. The number of carbonyl (C=O) groups is 1. The van der Waals surface area contributed by atoms with Crippen LogP contribution in [0.4, 0.5) is 29.6 Å². The van der Waals surface area contributed by atoms with Crippen molar-refractivity contribution in [3.8, 4) is 23.0 Å². The lowest BCUT2D eigenvalue weighted by Gasteiger charge is -2.36. The van der Waals surface area contributed by atoms with E-state index in [-0.39, 0.29) is 48.9 Å². The first-order valence-corrected chi connectivity index (χ1v) is 15.1. The lowest BCUT2D eigenvalue weighted by Crippen LogP contribution is -2.49. The van der Waals surface area contributed by atoms with Crippen LogP contribution < -0.4 is 25.0 Å². The van der Waals surface area contributed by atoms with Crippen LogP contribution in [-0.2, 0) is 17.5 Å². The fraction of sp³-hybridized carbons (Fsp3) is 0.375. The van der Waals surface area contributed by atoms with Crippen LogP contribution in [0, 0.1) is 0 Å². The van der Waals surface area contributed by atoms with Gasteiger partial charge in [-0.3, -0.25) is 9.88 Å². The predicted octanol–water partition coefficient (Wildman–Crippen LogP) is 5.27. The highest BCUT2D eigenvalue weighted by atomic mass is 19.4. The molecule has 6 rings (SSSR count). The van der Waals surface area contributed by atoms with Crippen LogP contribution in [0.15, 0.2) is 67.4 Å². The number of alkyl halides is 3. The molecule has 1 aliphatic heterocycles. The second-order valence-electron chi connectivity index (χ2n) is 11.2. The highest BCUT2D eigenvalue weighted by Crippen LogP contribution is 2.38. The van der Waals surface area contributed by atoms with E-state index in [9.17, 15) is 18.0 Å². The number of hydrogen-bond donors (Lipinski definition) is 2. The van der Waals surface area contributed by atoms with Gasteiger partial charge in [-0.25, -0.2) is 24.7 Å². The second-order valence-corrected chi connectivity index (χ2v) is 11.2. The summed E-state index contributed by atoms with van der Waals surface area (Å²) < 4.78 is 56.4. The lowest BCUT2D eigenvalue weighted by atomic mass is 9.90. The minimum atomic E-state index is -4.60. The molecule has 2 fully saturated rings. The van der Waals surface area contributed by atoms with Gasteiger partial charge in [-0.1, -0.05) is 30.3 Å². The summed E-state index contributed by atoms with van der Waals surface area (Å²) in [5.41, 5.74) is 1.20. The zero-order chi connectivity index (χ0) is 32.8. The van der Waals surface area contributed by atoms with Crippen LogP contribution in [0.5, 0.6) is 11.8 Å². The summed E-state index contributed by atoms with van der Waals surface area (Å²) in [6, 6.07) is 10.5. The van der Waals surface area contributed by atoms with E-state index in [1.807, 2.05) is 30.3 Å². The molecule has 1 saturated carbocycles. The fourth-order valence-corrected chi connectivity index (χ4v) is 5.44. The molecule has 1 aliphatic carbocycles. The third kappa shape index (κ3) is 7.85. The van der Waals surface area contributed by atoms with Gasteiger partial charge in [0.1, 0.15) is 23.2 Å². The monoisotopic (exact) mass is 650 g/mol. The molecule has 2 N–H and O–H groups in total. The van der Waals surface area contributed by atoms with Gasteiger partial charge in [0.15, 0.2) is 5.82 Å². The number of methoxy groups -OCH3 is 1. The number of halogens is 3. The van der Waals surface area contributed by atoms with Crippen LogP contribution in [0.3, 0.4) is 0 Å². The van der Waals surface area contributed by atoms with Gasteiger partial charge in [0.2, 0.25) is 0 Å². The number of nitrogens with one attached hydrogen (secondary N) is 2. The number of benzene rings is 1. The van der Waals surface area contributed by atoms with Crippen molar-refractivity contribution in [1.29, 1.82) is 0 Å². The number of hydrogen-bond acceptors (Lipinski definition) is 10. The Hall–Kier alpha value is -5.05.